The molecule has 7 heteroatoms. The van der Waals surface area contributed by atoms with Crippen molar-refractivity contribution in [1.29, 1.82) is 0 Å². The zero-order valence-electron chi connectivity index (χ0n) is 17.3. The Bertz CT molecular complexity index is 1400. The minimum atomic E-state index is -1.25. The van der Waals surface area contributed by atoms with Gasteiger partial charge in [0.15, 0.2) is 0 Å². The molecular formula is C25H20N4O3. The summed E-state index contributed by atoms with van der Waals surface area (Å²) in [6.45, 7) is 1.27. The molecule has 0 radical (unpaired) electrons. The van der Waals surface area contributed by atoms with E-state index in [2.05, 4.69) is 15.6 Å². The number of amides is 4. The van der Waals surface area contributed by atoms with Gasteiger partial charge >= 0.3 is 6.03 Å². The Kier molecular flexibility index (Phi) is 4.59. The summed E-state index contributed by atoms with van der Waals surface area (Å²) in [6.07, 6.45) is 1.68. The van der Waals surface area contributed by atoms with E-state index in [1.54, 1.807) is 31.3 Å². The quantitative estimate of drug-likeness (QED) is 0.488. The molecule has 1 aromatic heterocycles. The number of hydrogen-bond acceptors (Lipinski definition) is 4. The molecule has 0 bridgehead atoms. The van der Waals surface area contributed by atoms with Crippen LogP contribution >= 0.6 is 0 Å². The molecule has 1 aliphatic heterocycles. The largest absolute Gasteiger partial charge is 0.325 e. The van der Waals surface area contributed by atoms with E-state index in [1.807, 2.05) is 54.6 Å². The van der Waals surface area contributed by atoms with E-state index in [0.717, 1.165) is 26.6 Å². The molecule has 4 amide bonds. The number of nitrogens with zero attached hydrogens (tertiary/aromatic N) is 2. The number of carbonyl (C=O) groups excluding carboxylic acids is 3. The lowest BCUT2D eigenvalue weighted by atomic mass is 9.90. The number of nitrogens with one attached hydrogen (secondary N) is 2. The zero-order valence-corrected chi connectivity index (χ0v) is 17.3. The fourth-order valence-corrected chi connectivity index (χ4v) is 4.08. The van der Waals surface area contributed by atoms with Gasteiger partial charge in [-0.1, -0.05) is 42.5 Å². The molecule has 2 N–H and O–H groups in total. The smallest absolute Gasteiger partial charge is 0.324 e. The van der Waals surface area contributed by atoms with Crippen molar-refractivity contribution in [3.8, 4) is 0 Å². The molecule has 32 heavy (non-hydrogen) atoms. The molecule has 7 nitrogen and oxygen atoms in total. The summed E-state index contributed by atoms with van der Waals surface area (Å²) in [6, 6.07) is 21.9. The van der Waals surface area contributed by atoms with Crippen LogP contribution in [-0.4, -0.2) is 34.3 Å². The molecule has 0 saturated carbocycles. The number of aromatic nitrogens is 1. The molecule has 0 aliphatic carbocycles. The summed E-state index contributed by atoms with van der Waals surface area (Å²) < 4.78 is 0. The lowest BCUT2D eigenvalue weighted by Crippen LogP contribution is -2.42. The Hall–Kier alpha value is -4.26. The Morgan fingerprint density at radius 1 is 1.00 bits per heavy atom. The molecule has 4 aromatic rings. The summed E-state index contributed by atoms with van der Waals surface area (Å²) in [4.78, 5) is 43.8. The maximum Gasteiger partial charge on any atom is 0.325 e. The third-order valence-electron chi connectivity index (χ3n) is 5.82. The Labute approximate surface area is 184 Å². The van der Waals surface area contributed by atoms with E-state index >= 15 is 0 Å². The van der Waals surface area contributed by atoms with Crippen LogP contribution in [0, 0.1) is 0 Å². The molecule has 5 rings (SSSR count). The Morgan fingerprint density at radius 3 is 2.66 bits per heavy atom. The van der Waals surface area contributed by atoms with Crippen LogP contribution in [-0.2, 0) is 15.1 Å². The summed E-state index contributed by atoms with van der Waals surface area (Å²) in [5.41, 5.74) is 0.733. The number of fused-ring (bicyclic) bond motifs is 2. The number of hydrogen-bond donors (Lipinski definition) is 2. The van der Waals surface area contributed by atoms with Gasteiger partial charge in [-0.25, -0.2) is 4.79 Å². The number of pyridine rings is 1. The molecule has 1 saturated heterocycles. The van der Waals surface area contributed by atoms with E-state index < -0.39 is 23.4 Å². The minimum absolute atomic E-state index is 0.384. The number of benzene rings is 3. The van der Waals surface area contributed by atoms with Gasteiger partial charge in [0.05, 0.1) is 11.2 Å². The van der Waals surface area contributed by atoms with Crippen molar-refractivity contribution < 1.29 is 14.4 Å². The van der Waals surface area contributed by atoms with Crippen molar-refractivity contribution in [3.63, 3.8) is 0 Å². The van der Waals surface area contributed by atoms with Crippen molar-refractivity contribution in [2.45, 2.75) is 12.5 Å². The average molecular weight is 424 g/mol. The van der Waals surface area contributed by atoms with Gasteiger partial charge < -0.3 is 10.6 Å². The molecule has 158 valence electrons. The monoisotopic (exact) mass is 424 g/mol. The highest BCUT2D eigenvalue weighted by atomic mass is 16.2. The van der Waals surface area contributed by atoms with Gasteiger partial charge in [-0.05, 0) is 53.6 Å². The van der Waals surface area contributed by atoms with Crippen LogP contribution in [0.25, 0.3) is 21.7 Å². The van der Waals surface area contributed by atoms with Gasteiger partial charge in [0.25, 0.3) is 5.91 Å². The van der Waals surface area contributed by atoms with Gasteiger partial charge in [-0.3, -0.25) is 19.5 Å². The van der Waals surface area contributed by atoms with Crippen molar-refractivity contribution in [2.75, 3.05) is 11.9 Å². The van der Waals surface area contributed by atoms with Crippen LogP contribution in [0.3, 0.4) is 0 Å². The van der Waals surface area contributed by atoms with E-state index in [9.17, 15) is 14.4 Å². The van der Waals surface area contributed by atoms with Gasteiger partial charge in [-0.2, -0.15) is 0 Å². The first-order valence-electron chi connectivity index (χ1n) is 10.2. The van der Waals surface area contributed by atoms with Crippen LogP contribution in [0.1, 0.15) is 12.5 Å². The fourth-order valence-electron chi connectivity index (χ4n) is 4.08. The number of imide groups is 1. The highest BCUT2D eigenvalue weighted by Gasteiger charge is 2.49. The van der Waals surface area contributed by atoms with Gasteiger partial charge in [0.2, 0.25) is 5.91 Å². The van der Waals surface area contributed by atoms with Crippen molar-refractivity contribution in [3.05, 3.63) is 84.6 Å². The fraction of sp³-hybridized carbons (Fsp3) is 0.120. The van der Waals surface area contributed by atoms with Crippen molar-refractivity contribution in [1.82, 2.24) is 15.2 Å². The number of carbonyl (C=O) groups is 3. The molecule has 1 fully saturated rings. The first-order valence-corrected chi connectivity index (χ1v) is 10.2. The van der Waals surface area contributed by atoms with Crippen LogP contribution in [0.2, 0.25) is 0 Å². The third kappa shape index (κ3) is 3.24. The number of anilines is 1. The second-order valence-corrected chi connectivity index (χ2v) is 7.93. The predicted octanol–water partition coefficient (Wildman–Crippen LogP) is 3.79. The van der Waals surface area contributed by atoms with Crippen LogP contribution in [0.5, 0.6) is 0 Å². The van der Waals surface area contributed by atoms with E-state index in [1.165, 1.54) is 0 Å². The minimum Gasteiger partial charge on any atom is -0.324 e. The molecular weight excluding hydrogens is 404 g/mol. The Balaban J connectivity index is 1.38. The first kappa shape index (κ1) is 19.7. The highest BCUT2D eigenvalue weighted by molar-refractivity contribution is 6.11. The SMILES string of the molecule is C[C@@]1(c2ccc3ccccc3c2)NC(=O)N(CC(=O)Nc2cccc3ncccc23)C1=O. The molecule has 1 aliphatic rings. The molecule has 2 heterocycles. The maximum absolute atomic E-state index is 13.2. The van der Waals surface area contributed by atoms with E-state index in [4.69, 9.17) is 0 Å². The summed E-state index contributed by atoms with van der Waals surface area (Å²) >= 11 is 0. The molecule has 3 aromatic carbocycles. The first-order chi connectivity index (χ1) is 15.5. The average Bonchev–Trinajstić information content (AvgIpc) is 3.03. The van der Waals surface area contributed by atoms with E-state index in [-0.39, 0.29) is 6.54 Å². The lowest BCUT2D eigenvalue weighted by Gasteiger charge is -2.22. The number of rotatable bonds is 4. The van der Waals surface area contributed by atoms with Gasteiger partial charge in [0, 0.05) is 11.6 Å². The topological polar surface area (TPSA) is 91.4 Å². The predicted molar refractivity (Wildman–Crippen MR) is 122 cm³/mol. The highest BCUT2D eigenvalue weighted by Crippen LogP contribution is 2.31. The summed E-state index contributed by atoms with van der Waals surface area (Å²) in [7, 11) is 0. The van der Waals surface area contributed by atoms with E-state index in [0.29, 0.717) is 11.3 Å². The van der Waals surface area contributed by atoms with Crippen LogP contribution < -0.4 is 10.6 Å². The van der Waals surface area contributed by atoms with Crippen molar-refractivity contribution >= 4 is 45.2 Å². The number of urea groups is 1. The van der Waals surface area contributed by atoms with Gasteiger partial charge in [0.1, 0.15) is 12.1 Å². The standard InChI is InChI=1S/C25H20N4O3/c1-25(18-12-11-16-6-2-3-7-17(16)14-18)23(31)29(24(32)28-25)15-22(30)27-21-10-4-9-20-19(21)8-5-13-26-20/h2-14H,15H2,1H3,(H,27,30)(H,28,32)/t25-/m0/s1. The summed E-state index contributed by atoms with van der Waals surface area (Å²) in [5, 5.41) is 8.33. The molecule has 1 atom stereocenters. The second-order valence-electron chi connectivity index (χ2n) is 7.93. The molecule has 0 spiro atoms. The van der Waals surface area contributed by atoms with Crippen LogP contribution in [0.15, 0.2) is 79.0 Å². The van der Waals surface area contributed by atoms with Crippen LogP contribution in [0.4, 0.5) is 10.5 Å². The second kappa shape index (κ2) is 7.46. The van der Waals surface area contributed by atoms with Gasteiger partial charge in [-0.15, -0.1) is 0 Å². The zero-order chi connectivity index (χ0) is 22.3. The maximum atomic E-state index is 13.2. The van der Waals surface area contributed by atoms with Crippen molar-refractivity contribution in [2.24, 2.45) is 0 Å². The molecule has 0 unspecified atom stereocenters. The lowest BCUT2D eigenvalue weighted by molar-refractivity contribution is -0.133. The Morgan fingerprint density at radius 2 is 1.81 bits per heavy atom. The summed E-state index contributed by atoms with van der Waals surface area (Å²) in [5.74, 6) is -0.930. The third-order valence-corrected chi connectivity index (χ3v) is 5.82. The normalized spacial score (nSPS) is 18.2.